The van der Waals surface area contributed by atoms with Crippen LogP contribution in [0.4, 0.5) is 9.59 Å². The van der Waals surface area contributed by atoms with Crippen molar-refractivity contribution in [3.05, 3.63) is 12.7 Å². The van der Waals surface area contributed by atoms with E-state index in [1.54, 1.807) is 12.4 Å². The minimum Gasteiger partial charge on any atom is -0.448 e. The van der Waals surface area contributed by atoms with E-state index in [0.717, 1.165) is 6.08 Å². The first kappa shape index (κ1) is 13.7. The molecule has 0 aromatic carbocycles. The third-order valence-corrected chi connectivity index (χ3v) is 1.03. The number of hydrogen-bond acceptors (Lipinski definition) is 7. The molecule has 0 atom stereocenters. The third kappa shape index (κ3) is 5.44. The number of nitrogens with zero attached hydrogens (tertiary/aromatic N) is 1. The SMILES string of the molecule is C=CC(=O)ON(N)C(=O)ONC(=O)OCC. The van der Waals surface area contributed by atoms with Gasteiger partial charge in [-0.05, 0) is 6.92 Å². The first-order chi connectivity index (χ1) is 7.51. The quantitative estimate of drug-likeness (QED) is 0.288. The zero-order valence-corrected chi connectivity index (χ0v) is 8.47. The highest BCUT2D eigenvalue weighted by atomic mass is 16.8. The van der Waals surface area contributed by atoms with Crippen LogP contribution in [-0.4, -0.2) is 29.9 Å². The van der Waals surface area contributed by atoms with E-state index in [0.29, 0.717) is 0 Å². The molecule has 0 aliphatic heterocycles. The molecule has 0 aromatic heterocycles. The van der Waals surface area contributed by atoms with Crippen molar-refractivity contribution in [2.75, 3.05) is 6.61 Å². The van der Waals surface area contributed by atoms with Gasteiger partial charge in [-0.3, -0.25) is 0 Å². The predicted octanol–water partition coefficient (Wildman–Crippen LogP) is -0.396. The maximum absolute atomic E-state index is 10.9. The van der Waals surface area contributed by atoms with Crippen LogP contribution in [0.15, 0.2) is 12.7 Å². The molecule has 0 unspecified atom stereocenters. The molecule has 0 heterocycles. The van der Waals surface area contributed by atoms with E-state index in [1.807, 2.05) is 0 Å². The molecule has 0 rings (SSSR count). The zero-order chi connectivity index (χ0) is 12.6. The summed E-state index contributed by atoms with van der Waals surface area (Å²) in [5, 5.41) is -0.0176. The van der Waals surface area contributed by atoms with Crippen LogP contribution in [0.5, 0.6) is 0 Å². The average Bonchev–Trinajstić information content (AvgIpc) is 2.25. The first-order valence-electron chi connectivity index (χ1n) is 4.04. The number of ether oxygens (including phenoxy) is 1. The second-order valence-corrected chi connectivity index (χ2v) is 2.13. The van der Waals surface area contributed by atoms with Crippen LogP contribution in [-0.2, 0) is 19.2 Å². The molecule has 16 heavy (non-hydrogen) atoms. The number of amides is 2. The second-order valence-electron chi connectivity index (χ2n) is 2.13. The summed E-state index contributed by atoms with van der Waals surface area (Å²) < 4.78 is 4.36. The highest BCUT2D eigenvalue weighted by Gasteiger charge is 2.16. The van der Waals surface area contributed by atoms with Crippen molar-refractivity contribution in [1.82, 2.24) is 10.7 Å². The summed E-state index contributed by atoms with van der Waals surface area (Å²) in [4.78, 5) is 40.4. The minimum atomic E-state index is -1.32. The lowest BCUT2D eigenvalue weighted by molar-refractivity contribution is -0.177. The van der Waals surface area contributed by atoms with Gasteiger partial charge in [0.15, 0.2) is 0 Å². The van der Waals surface area contributed by atoms with Crippen LogP contribution in [0.1, 0.15) is 6.92 Å². The summed E-state index contributed by atoms with van der Waals surface area (Å²) in [5.74, 6) is 3.97. The van der Waals surface area contributed by atoms with Gasteiger partial charge in [0.25, 0.3) is 0 Å². The monoisotopic (exact) mass is 233 g/mol. The zero-order valence-electron chi connectivity index (χ0n) is 8.47. The molecule has 0 aliphatic rings. The molecule has 2 amide bonds. The summed E-state index contributed by atoms with van der Waals surface area (Å²) in [6, 6.07) is 0. The Hall–Kier alpha value is -2.29. The number of hydroxylamine groups is 2. The second kappa shape index (κ2) is 7.06. The number of hydrazine groups is 1. The maximum Gasteiger partial charge on any atom is 0.483 e. The molecule has 0 bridgehead atoms. The van der Waals surface area contributed by atoms with E-state index >= 15 is 0 Å². The molecule has 0 fully saturated rings. The third-order valence-electron chi connectivity index (χ3n) is 1.03. The Bertz CT molecular complexity index is 292. The topological polar surface area (TPSA) is 120 Å². The van der Waals surface area contributed by atoms with Gasteiger partial charge < -0.3 is 14.4 Å². The number of carbonyl (C=O) groups excluding carboxylic acids is 3. The number of nitrogens with one attached hydrogen (secondary N) is 1. The van der Waals surface area contributed by atoms with Crippen molar-refractivity contribution in [2.45, 2.75) is 6.92 Å². The molecular weight excluding hydrogens is 222 g/mol. The molecule has 0 spiro atoms. The van der Waals surface area contributed by atoms with Crippen LogP contribution in [0.2, 0.25) is 0 Å². The lowest BCUT2D eigenvalue weighted by atomic mass is 10.7. The van der Waals surface area contributed by atoms with Gasteiger partial charge in [0.1, 0.15) is 0 Å². The largest absolute Gasteiger partial charge is 0.483 e. The summed E-state index contributed by atoms with van der Waals surface area (Å²) in [6.45, 7) is 4.73. The van der Waals surface area contributed by atoms with Gasteiger partial charge in [0, 0.05) is 6.08 Å². The van der Waals surface area contributed by atoms with Crippen molar-refractivity contribution in [3.63, 3.8) is 0 Å². The lowest BCUT2D eigenvalue weighted by Gasteiger charge is -2.13. The Morgan fingerprint density at radius 3 is 2.62 bits per heavy atom. The molecule has 90 valence electrons. The van der Waals surface area contributed by atoms with E-state index in [2.05, 4.69) is 21.0 Å². The normalized spacial score (nSPS) is 8.62. The Labute approximate surface area is 90.6 Å². The Kier molecular flexibility index (Phi) is 6.05. The highest BCUT2D eigenvalue weighted by molar-refractivity contribution is 5.82. The van der Waals surface area contributed by atoms with Gasteiger partial charge >= 0.3 is 18.2 Å². The Balaban J connectivity index is 3.92. The van der Waals surface area contributed by atoms with Gasteiger partial charge in [-0.1, -0.05) is 11.8 Å². The average molecular weight is 233 g/mol. The van der Waals surface area contributed by atoms with Crippen molar-refractivity contribution in [1.29, 1.82) is 0 Å². The molecular formula is C7H11N3O6. The van der Waals surface area contributed by atoms with Crippen molar-refractivity contribution >= 4 is 18.2 Å². The van der Waals surface area contributed by atoms with Crippen LogP contribution in [0, 0.1) is 0 Å². The molecule has 9 heteroatoms. The Morgan fingerprint density at radius 2 is 2.12 bits per heavy atom. The van der Waals surface area contributed by atoms with Crippen molar-refractivity contribution < 1.29 is 28.8 Å². The molecule has 0 aliphatic carbocycles. The summed E-state index contributed by atoms with van der Waals surface area (Å²) in [5.41, 5.74) is 1.61. The van der Waals surface area contributed by atoms with E-state index in [1.165, 1.54) is 0 Å². The van der Waals surface area contributed by atoms with Crippen LogP contribution >= 0.6 is 0 Å². The van der Waals surface area contributed by atoms with Crippen molar-refractivity contribution in [3.8, 4) is 0 Å². The van der Waals surface area contributed by atoms with Crippen LogP contribution in [0.3, 0.4) is 0 Å². The standard InChI is InChI=1S/C7H11N3O6/c1-3-5(11)16-10(8)7(13)15-9-6(12)14-4-2/h3H,1,4,8H2,2H3,(H,9,12). The number of carbonyl (C=O) groups is 3. The summed E-state index contributed by atoms with van der Waals surface area (Å²) >= 11 is 0. The Morgan fingerprint density at radius 1 is 1.50 bits per heavy atom. The fourth-order valence-corrected chi connectivity index (χ4v) is 0.462. The molecule has 3 N–H and O–H groups in total. The van der Waals surface area contributed by atoms with Gasteiger partial charge in [0.2, 0.25) is 0 Å². The lowest BCUT2D eigenvalue weighted by Crippen LogP contribution is -2.42. The van der Waals surface area contributed by atoms with Crippen LogP contribution < -0.4 is 11.3 Å². The van der Waals surface area contributed by atoms with E-state index in [4.69, 9.17) is 5.84 Å². The fourth-order valence-electron chi connectivity index (χ4n) is 0.462. The van der Waals surface area contributed by atoms with Gasteiger partial charge in [-0.2, -0.15) is 0 Å². The van der Waals surface area contributed by atoms with E-state index < -0.39 is 18.2 Å². The fraction of sp³-hybridized carbons (Fsp3) is 0.286. The molecule has 0 saturated heterocycles. The van der Waals surface area contributed by atoms with E-state index in [-0.39, 0.29) is 11.8 Å². The molecule has 0 aromatic rings. The highest BCUT2D eigenvalue weighted by Crippen LogP contribution is 1.89. The predicted molar refractivity (Wildman–Crippen MR) is 49.0 cm³/mol. The summed E-state index contributed by atoms with van der Waals surface area (Å²) in [7, 11) is 0. The maximum atomic E-state index is 10.9. The molecule has 9 nitrogen and oxygen atoms in total. The van der Waals surface area contributed by atoms with Crippen LogP contribution in [0.25, 0.3) is 0 Å². The number of hydrogen-bond donors (Lipinski definition) is 2. The first-order valence-corrected chi connectivity index (χ1v) is 4.04. The van der Waals surface area contributed by atoms with Gasteiger partial charge in [0.05, 0.1) is 6.61 Å². The molecule has 0 saturated carbocycles. The molecule has 0 radical (unpaired) electrons. The van der Waals surface area contributed by atoms with Gasteiger partial charge in [-0.15, -0.1) is 5.48 Å². The number of rotatable bonds is 2. The van der Waals surface area contributed by atoms with Gasteiger partial charge in [-0.25, -0.2) is 20.2 Å². The minimum absolute atomic E-state index is 0.0176. The summed E-state index contributed by atoms with van der Waals surface area (Å²) in [6.07, 6.45) is -1.52. The number of nitrogens with two attached hydrogens (primary N) is 1. The van der Waals surface area contributed by atoms with Crippen molar-refractivity contribution in [2.24, 2.45) is 5.84 Å². The smallest absolute Gasteiger partial charge is 0.448 e. The van der Waals surface area contributed by atoms with E-state index in [9.17, 15) is 14.4 Å².